The van der Waals surface area contributed by atoms with Crippen LogP contribution in [-0.4, -0.2) is 50.7 Å². The number of hydrogen-bond acceptors (Lipinski definition) is 4. The maximum absolute atomic E-state index is 12.5. The van der Waals surface area contributed by atoms with Crippen LogP contribution in [0.3, 0.4) is 0 Å². The molecule has 1 aliphatic rings. The van der Waals surface area contributed by atoms with E-state index < -0.39 is 0 Å². The van der Waals surface area contributed by atoms with Crippen LogP contribution in [0.15, 0.2) is 12.1 Å². The van der Waals surface area contributed by atoms with Crippen LogP contribution in [0.1, 0.15) is 37.9 Å². The monoisotopic (exact) mass is 363 g/mol. The average molecular weight is 363 g/mol. The third-order valence-electron chi connectivity index (χ3n) is 4.59. The van der Waals surface area contributed by atoms with E-state index in [9.17, 15) is 9.59 Å². The lowest BCUT2D eigenvalue weighted by Gasteiger charge is -2.38. The van der Waals surface area contributed by atoms with Crippen LogP contribution >= 0.6 is 0 Å². The number of carbonyl (C=O) groups excluding carboxylic acids is 2. The molecule has 0 aliphatic carbocycles. The molecule has 2 N–H and O–H groups in total. The van der Waals surface area contributed by atoms with Crippen molar-refractivity contribution in [3.05, 3.63) is 23.3 Å². The van der Waals surface area contributed by atoms with Gasteiger partial charge in [-0.1, -0.05) is 13.8 Å². The largest absolute Gasteiger partial charge is 0.493 e. The molecule has 0 fully saturated rings. The van der Waals surface area contributed by atoms with Crippen LogP contribution in [-0.2, 0) is 11.2 Å². The Morgan fingerprint density at radius 1 is 1.19 bits per heavy atom. The molecule has 144 valence electrons. The highest BCUT2D eigenvalue weighted by atomic mass is 16.5. The third-order valence-corrected chi connectivity index (χ3v) is 4.59. The minimum absolute atomic E-state index is 0.0338. The molecule has 0 saturated heterocycles. The lowest BCUT2D eigenvalue weighted by Crippen LogP contribution is -2.49. The Bertz CT molecular complexity index is 660. The number of nitrogens with zero attached hydrogens (tertiary/aromatic N) is 1. The van der Waals surface area contributed by atoms with E-state index in [1.54, 1.807) is 19.1 Å². The molecule has 0 bridgehead atoms. The molecule has 0 spiro atoms. The Hall–Kier alpha value is -2.44. The summed E-state index contributed by atoms with van der Waals surface area (Å²) in [5.74, 6) is 1.14. The third kappa shape index (κ3) is 4.20. The normalized spacial score (nSPS) is 16.1. The van der Waals surface area contributed by atoms with Gasteiger partial charge in [-0.15, -0.1) is 0 Å². The second-order valence-electron chi connectivity index (χ2n) is 6.60. The van der Waals surface area contributed by atoms with E-state index in [0.29, 0.717) is 31.1 Å². The van der Waals surface area contributed by atoms with E-state index in [2.05, 4.69) is 10.6 Å². The number of carbonyl (C=O) groups is 2. The fraction of sp³-hybridized carbons (Fsp3) is 0.579. The number of fused-ring (bicyclic) bond motifs is 1. The van der Waals surface area contributed by atoms with Gasteiger partial charge in [0.1, 0.15) is 0 Å². The van der Waals surface area contributed by atoms with Crippen molar-refractivity contribution in [3.8, 4) is 11.5 Å². The Kier molecular flexibility index (Phi) is 6.71. The highest BCUT2D eigenvalue weighted by molar-refractivity contribution is 5.78. The standard InChI is InChI=1S/C19H29N3O4/c1-6-20-19(24)22-8-7-13-9-16(25-4)17(26-5)10-14(13)15(22)11-21-18(23)12(2)3/h9-10,12,15H,6-8,11H2,1-5H3,(H,20,24)(H,21,23)/t15-/m0/s1. The molecule has 7 nitrogen and oxygen atoms in total. The molecule has 1 atom stereocenters. The summed E-state index contributed by atoms with van der Waals surface area (Å²) in [6.45, 7) is 7.07. The number of methoxy groups -OCH3 is 2. The first-order valence-electron chi connectivity index (χ1n) is 8.99. The molecular weight excluding hydrogens is 334 g/mol. The molecule has 0 aromatic heterocycles. The predicted molar refractivity (Wildman–Crippen MR) is 99.6 cm³/mol. The zero-order valence-corrected chi connectivity index (χ0v) is 16.2. The van der Waals surface area contributed by atoms with Crippen LogP contribution in [0.5, 0.6) is 11.5 Å². The van der Waals surface area contributed by atoms with Gasteiger partial charge in [-0.25, -0.2) is 4.79 Å². The van der Waals surface area contributed by atoms with E-state index in [-0.39, 0.29) is 23.9 Å². The van der Waals surface area contributed by atoms with Gasteiger partial charge >= 0.3 is 6.03 Å². The molecule has 0 saturated carbocycles. The first-order valence-corrected chi connectivity index (χ1v) is 8.99. The summed E-state index contributed by atoms with van der Waals surface area (Å²) in [6.07, 6.45) is 0.724. The van der Waals surface area contributed by atoms with E-state index in [0.717, 1.165) is 17.5 Å². The minimum atomic E-state index is -0.257. The summed E-state index contributed by atoms with van der Waals surface area (Å²) in [7, 11) is 3.19. The summed E-state index contributed by atoms with van der Waals surface area (Å²) in [6, 6.07) is 3.48. The molecule has 2 rings (SSSR count). The van der Waals surface area contributed by atoms with Crippen LogP contribution < -0.4 is 20.1 Å². The predicted octanol–water partition coefficient (Wildman–Crippen LogP) is 2.10. The number of urea groups is 1. The number of rotatable bonds is 6. The van der Waals surface area contributed by atoms with Gasteiger partial charge in [0.05, 0.1) is 20.3 Å². The average Bonchev–Trinajstić information content (AvgIpc) is 2.64. The fourth-order valence-corrected chi connectivity index (χ4v) is 3.15. The molecule has 1 heterocycles. The van der Waals surface area contributed by atoms with Crippen molar-refractivity contribution in [1.82, 2.24) is 15.5 Å². The maximum atomic E-state index is 12.5. The number of benzene rings is 1. The van der Waals surface area contributed by atoms with Gasteiger partial charge in [-0.2, -0.15) is 0 Å². The zero-order chi connectivity index (χ0) is 19.3. The highest BCUT2D eigenvalue weighted by Gasteiger charge is 2.32. The van der Waals surface area contributed by atoms with Gasteiger partial charge in [0.15, 0.2) is 11.5 Å². The summed E-state index contributed by atoms with van der Waals surface area (Å²) in [4.78, 5) is 26.3. The molecule has 7 heteroatoms. The zero-order valence-electron chi connectivity index (χ0n) is 16.2. The van der Waals surface area contributed by atoms with Gasteiger partial charge < -0.3 is 25.0 Å². The van der Waals surface area contributed by atoms with Crippen molar-refractivity contribution in [2.45, 2.75) is 33.2 Å². The quantitative estimate of drug-likeness (QED) is 0.811. The number of nitrogens with one attached hydrogen (secondary N) is 2. The van der Waals surface area contributed by atoms with Gasteiger partial charge in [0.25, 0.3) is 0 Å². The molecule has 1 aromatic rings. The number of amides is 3. The second kappa shape index (κ2) is 8.78. The lowest BCUT2D eigenvalue weighted by molar-refractivity contribution is -0.124. The molecule has 0 radical (unpaired) electrons. The Balaban J connectivity index is 2.38. The topological polar surface area (TPSA) is 79.9 Å². The van der Waals surface area contributed by atoms with Crippen LogP contribution in [0.2, 0.25) is 0 Å². The first kappa shape index (κ1) is 19.9. The van der Waals surface area contributed by atoms with Crippen molar-refractivity contribution in [2.24, 2.45) is 5.92 Å². The lowest BCUT2D eigenvalue weighted by atomic mass is 9.91. The summed E-state index contributed by atoms with van der Waals surface area (Å²) >= 11 is 0. The van der Waals surface area contributed by atoms with Gasteiger partial charge in [-0.3, -0.25) is 4.79 Å². The molecule has 1 aliphatic heterocycles. The van der Waals surface area contributed by atoms with Crippen LogP contribution in [0.25, 0.3) is 0 Å². The molecule has 3 amide bonds. The van der Waals surface area contributed by atoms with Crippen LogP contribution in [0.4, 0.5) is 4.79 Å². The van der Waals surface area contributed by atoms with Crippen molar-refractivity contribution < 1.29 is 19.1 Å². The Morgan fingerprint density at radius 2 is 1.85 bits per heavy atom. The van der Waals surface area contributed by atoms with Crippen molar-refractivity contribution >= 4 is 11.9 Å². The van der Waals surface area contributed by atoms with E-state index in [1.165, 1.54) is 0 Å². The van der Waals surface area contributed by atoms with Crippen molar-refractivity contribution in [3.63, 3.8) is 0 Å². The number of hydrogen-bond donors (Lipinski definition) is 2. The summed E-state index contributed by atoms with van der Waals surface area (Å²) in [5, 5.41) is 5.81. The fourth-order valence-electron chi connectivity index (χ4n) is 3.15. The molecule has 0 unspecified atom stereocenters. The Morgan fingerprint density at radius 3 is 2.42 bits per heavy atom. The summed E-state index contributed by atoms with van der Waals surface area (Å²) < 4.78 is 10.8. The summed E-state index contributed by atoms with van der Waals surface area (Å²) in [5.41, 5.74) is 2.08. The maximum Gasteiger partial charge on any atom is 0.317 e. The second-order valence-corrected chi connectivity index (χ2v) is 6.60. The SMILES string of the molecule is CCNC(=O)N1CCc2cc(OC)c(OC)cc2[C@@H]1CNC(=O)C(C)C. The molecular formula is C19H29N3O4. The molecule has 1 aromatic carbocycles. The highest BCUT2D eigenvalue weighted by Crippen LogP contribution is 2.37. The van der Waals surface area contributed by atoms with Gasteiger partial charge in [-0.05, 0) is 36.6 Å². The minimum Gasteiger partial charge on any atom is -0.493 e. The smallest absolute Gasteiger partial charge is 0.317 e. The van der Waals surface area contributed by atoms with E-state index in [1.807, 2.05) is 32.9 Å². The van der Waals surface area contributed by atoms with E-state index in [4.69, 9.17) is 9.47 Å². The van der Waals surface area contributed by atoms with Crippen molar-refractivity contribution in [2.75, 3.05) is 33.9 Å². The molecule has 26 heavy (non-hydrogen) atoms. The van der Waals surface area contributed by atoms with Gasteiger partial charge in [0, 0.05) is 25.6 Å². The van der Waals surface area contributed by atoms with E-state index >= 15 is 0 Å². The Labute approximate surface area is 155 Å². The first-order chi connectivity index (χ1) is 12.4. The van der Waals surface area contributed by atoms with Gasteiger partial charge in [0.2, 0.25) is 5.91 Å². The van der Waals surface area contributed by atoms with Crippen molar-refractivity contribution in [1.29, 1.82) is 0 Å². The number of ether oxygens (including phenoxy) is 2. The van der Waals surface area contributed by atoms with Crippen LogP contribution in [0, 0.1) is 5.92 Å².